The molecular weight excluding hydrogens is 426 g/mol. The summed E-state index contributed by atoms with van der Waals surface area (Å²) >= 11 is 5.10. The number of hydrogen-bond donors (Lipinski definition) is 3. The largest absolute Gasteiger partial charge is 0.490 e. The Balaban J connectivity index is 1.48. The number of para-hydroxylation sites is 2. The Labute approximate surface area is 191 Å². The Morgan fingerprint density at radius 1 is 0.781 bits per heavy atom. The van der Waals surface area contributed by atoms with E-state index in [1.165, 1.54) is 0 Å². The first kappa shape index (κ1) is 22.8. The minimum absolute atomic E-state index is 0.0438. The van der Waals surface area contributed by atoms with Gasteiger partial charge < -0.3 is 9.47 Å². The molecule has 3 aromatic rings. The fraction of sp³-hybridized carbons (Fsp3) is 0.125. The highest BCUT2D eigenvalue weighted by Gasteiger charge is 2.14. The molecule has 164 valence electrons. The van der Waals surface area contributed by atoms with Crippen LogP contribution in [0.25, 0.3) is 0 Å². The van der Waals surface area contributed by atoms with Crippen LogP contribution in [0.5, 0.6) is 11.5 Å². The van der Waals surface area contributed by atoms with Gasteiger partial charge in [0.25, 0.3) is 11.8 Å². The van der Waals surface area contributed by atoms with E-state index in [0.717, 1.165) is 11.3 Å². The molecule has 0 heterocycles. The summed E-state index contributed by atoms with van der Waals surface area (Å²) in [7, 11) is 0. The fourth-order valence-electron chi connectivity index (χ4n) is 2.70. The van der Waals surface area contributed by atoms with Gasteiger partial charge in [-0.3, -0.25) is 25.8 Å². The number of amides is 2. The summed E-state index contributed by atoms with van der Waals surface area (Å²) in [6.45, 7) is 2.52. The van der Waals surface area contributed by atoms with Crippen molar-refractivity contribution in [3.05, 3.63) is 95.6 Å². The van der Waals surface area contributed by atoms with Gasteiger partial charge in [-0.25, -0.2) is 0 Å². The zero-order chi connectivity index (χ0) is 22.8. The maximum absolute atomic E-state index is 12.6. The zero-order valence-corrected chi connectivity index (χ0v) is 18.3. The number of rotatable bonds is 7. The molecule has 0 aliphatic carbocycles. The number of hydrazine groups is 1. The molecule has 2 amide bonds. The summed E-state index contributed by atoms with van der Waals surface area (Å²) in [5.74, 6) is 0.301. The summed E-state index contributed by atoms with van der Waals surface area (Å²) in [5, 5.41) is 2.48. The van der Waals surface area contributed by atoms with Gasteiger partial charge >= 0.3 is 0 Å². The summed E-state index contributed by atoms with van der Waals surface area (Å²) in [6.07, 6.45) is 0. The Morgan fingerprint density at radius 3 is 2.19 bits per heavy atom. The van der Waals surface area contributed by atoms with Gasteiger partial charge in [-0.1, -0.05) is 48.0 Å². The first-order chi connectivity index (χ1) is 15.5. The van der Waals surface area contributed by atoms with Crippen molar-refractivity contribution in [2.45, 2.75) is 6.92 Å². The van der Waals surface area contributed by atoms with Crippen molar-refractivity contribution < 1.29 is 19.1 Å². The second-order valence-corrected chi connectivity index (χ2v) is 7.14. The third kappa shape index (κ3) is 6.82. The number of benzene rings is 3. The smallest absolute Gasteiger partial charge is 0.269 e. The first-order valence-electron chi connectivity index (χ1n) is 9.91. The minimum atomic E-state index is -0.466. The molecule has 0 fully saturated rings. The van der Waals surface area contributed by atoms with Crippen molar-refractivity contribution in [1.29, 1.82) is 0 Å². The molecule has 3 N–H and O–H groups in total. The average Bonchev–Trinajstić information content (AvgIpc) is 2.81. The zero-order valence-electron chi connectivity index (χ0n) is 17.5. The molecule has 0 spiro atoms. The molecule has 0 atom stereocenters. The number of ether oxygens (including phenoxy) is 2. The van der Waals surface area contributed by atoms with Crippen LogP contribution in [0.15, 0.2) is 78.9 Å². The van der Waals surface area contributed by atoms with E-state index in [4.69, 9.17) is 21.7 Å². The maximum Gasteiger partial charge on any atom is 0.269 e. The monoisotopic (exact) mass is 449 g/mol. The molecule has 0 unspecified atom stereocenters. The van der Waals surface area contributed by atoms with E-state index in [1.54, 1.807) is 36.4 Å². The predicted octanol–water partition coefficient (Wildman–Crippen LogP) is 3.40. The number of carbonyl (C=O) groups excluding carboxylic acids is 2. The Bertz CT molecular complexity index is 1070. The maximum atomic E-state index is 12.6. The Morgan fingerprint density at radius 2 is 1.44 bits per heavy atom. The average molecular weight is 450 g/mol. The van der Waals surface area contributed by atoms with Gasteiger partial charge in [0.2, 0.25) is 0 Å². The molecule has 0 aromatic heterocycles. The van der Waals surface area contributed by atoms with Gasteiger partial charge in [0.1, 0.15) is 24.7 Å². The second-order valence-electron chi connectivity index (χ2n) is 6.73. The fourth-order valence-corrected chi connectivity index (χ4v) is 2.84. The number of nitrogens with one attached hydrogen (secondary N) is 3. The highest BCUT2D eigenvalue weighted by Crippen LogP contribution is 2.18. The normalized spacial score (nSPS) is 10.0. The van der Waals surface area contributed by atoms with E-state index < -0.39 is 5.91 Å². The van der Waals surface area contributed by atoms with Crippen molar-refractivity contribution in [3.63, 3.8) is 0 Å². The standard InChI is InChI=1S/C24H23N3O4S/c1-17-11-13-18(14-12-17)22(28)26-27-24(32)25-23(29)20-9-5-6-10-21(20)31-16-15-30-19-7-3-2-4-8-19/h2-14H,15-16H2,1H3,(H,26,28)(H2,25,27,29,32). The van der Waals surface area contributed by atoms with Crippen molar-refractivity contribution in [2.24, 2.45) is 0 Å². The molecule has 0 aliphatic heterocycles. The summed E-state index contributed by atoms with van der Waals surface area (Å²) in [4.78, 5) is 24.8. The Kier molecular flexibility index (Phi) is 8.16. The molecule has 8 heteroatoms. The first-order valence-corrected chi connectivity index (χ1v) is 10.3. The SMILES string of the molecule is Cc1ccc(C(=O)NNC(=S)NC(=O)c2ccccc2OCCOc2ccccc2)cc1. The molecule has 0 radical (unpaired) electrons. The van der Waals surface area contributed by atoms with E-state index in [9.17, 15) is 9.59 Å². The van der Waals surface area contributed by atoms with Gasteiger partial charge in [-0.15, -0.1) is 0 Å². The van der Waals surface area contributed by atoms with E-state index in [2.05, 4.69) is 16.2 Å². The van der Waals surface area contributed by atoms with Crippen molar-refractivity contribution in [3.8, 4) is 11.5 Å². The molecule has 7 nitrogen and oxygen atoms in total. The minimum Gasteiger partial charge on any atom is -0.490 e. The van der Waals surface area contributed by atoms with Crippen molar-refractivity contribution in [1.82, 2.24) is 16.2 Å². The third-order valence-corrected chi connectivity index (χ3v) is 4.52. The lowest BCUT2D eigenvalue weighted by molar-refractivity contribution is 0.0933. The molecule has 3 aromatic carbocycles. The molecule has 0 saturated carbocycles. The lowest BCUT2D eigenvalue weighted by Gasteiger charge is -2.14. The lowest BCUT2D eigenvalue weighted by atomic mass is 10.1. The van der Waals surface area contributed by atoms with Crippen molar-refractivity contribution in [2.75, 3.05) is 13.2 Å². The lowest BCUT2D eigenvalue weighted by Crippen LogP contribution is -2.48. The summed E-state index contributed by atoms with van der Waals surface area (Å²) in [6, 6.07) is 23.2. The van der Waals surface area contributed by atoms with Crippen LogP contribution in [0.1, 0.15) is 26.3 Å². The Hall–Kier alpha value is -3.91. The second kappa shape index (κ2) is 11.5. The quantitative estimate of drug-likeness (QED) is 0.291. The number of hydrogen-bond acceptors (Lipinski definition) is 5. The highest BCUT2D eigenvalue weighted by molar-refractivity contribution is 7.80. The van der Waals surface area contributed by atoms with Crippen LogP contribution in [0.2, 0.25) is 0 Å². The van der Waals surface area contributed by atoms with Gasteiger partial charge in [0.05, 0.1) is 5.56 Å². The number of carbonyl (C=O) groups is 2. The van der Waals surface area contributed by atoms with E-state index in [0.29, 0.717) is 23.5 Å². The third-order valence-electron chi connectivity index (χ3n) is 4.31. The molecule has 3 rings (SSSR count). The number of thiocarbonyl (C=S) groups is 1. The van der Waals surface area contributed by atoms with Crippen LogP contribution in [-0.2, 0) is 0 Å². The predicted molar refractivity (Wildman–Crippen MR) is 126 cm³/mol. The van der Waals surface area contributed by atoms with Crippen LogP contribution in [0.3, 0.4) is 0 Å². The molecule has 0 aliphatic rings. The van der Waals surface area contributed by atoms with Crippen LogP contribution in [0, 0.1) is 6.92 Å². The van der Waals surface area contributed by atoms with Gasteiger partial charge in [0.15, 0.2) is 5.11 Å². The van der Waals surface area contributed by atoms with E-state index >= 15 is 0 Å². The van der Waals surface area contributed by atoms with Crippen molar-refractivity contribution >= 4 is 29.1 Å². The van der Waals surface area contributed by atoms with Gasteiger partial charge in [-0.2, -0.15) is 0 Å². The van der Waals surface area contributed by atoms with E-state index in [-0.39, 0.29) is 17.6 Å². The van der Waals surface area contributed by atoms with Gasteiger partial charge in [0, 0.05) is 5.56 Å². The molecule has 32 heavy (non-hydrogen) atoms. The molecular formula is C24H23N3O4S. The molecule has 0 bridgehead atoms. The van der Waals surface area contributed by atoms with Crippen LogP contribution in [0.4, 0.5) is 0 Å². The van der Waals surface area contributed by atoms with Crippen LogP contribution >= 0.6 is 12.2 Å². The molecule has 0 saturated heterocycles. The highest BCUT2D eigenvalue weighted by atomic mass is 32.1. The van der Waals surface area contributed by atoms with Gasteiger partial charge in [-0.05, 0) is 55.5 Å². The summed E-state index contributed by atoms with van der Waals surface area (Å²) < 4.78 is 11.3. The number of aryl methyl sites for hydroxylation is 1. The van der Waals surface area contributed by atoms with Crippen LogP contribution < -0.4 is 25.6 Å². The van der Waals surface area contributed by atoms with E-state index in [1.807, 2.05) is 49.4 Å². The van der Waals surface area contributed by atoms with Crippen LogP contribution in [-0.4, -0.2) is 30.1 Å². The topological polar surface area (TPSA) is 88.7 Å². The summed E-state index contributed by atoms with van der Waals surface area (Å²) in [5.41, 5.74) is 6.80.